The second-order valence-electron chi connectivity index (χ2n) is 3.32. The lowest BCUT2D eigenvalue weighted by molar-refractivity contribution is -0.149. The van der Waals surface area contributed by atoms with Gasteiger partial charge in [0.15, 0.2) is 0 Å². The van der Waals surface area contributed by atoms with Gasteiger partial charge in [0, 0.05) is 6.54 Å². The van der Waals surface area contributed by atoms with E-state index >= 15 is 0 Å². The summed E-state index contributed by atoms with van der Waals surface area (Å²) in [5.41, 5.74) is -0.926. The van der Waals surface area contributed by atoms with Crippen LogP contribution in [0.15, 0.2) is 0 Å². The fourth-order valence-electron chi connectivity index (χ4n) is 1.16. The highest BCUT2D eigenvalue weighted by Gasteiger charge is 2.25. The molecule has 2 N–H and O–H groups in total. The molecule has 0 aromatic carbocycles. The highest BCUT2D eigenvalue weighted by atomic mass is 16.3. The van der Waals surface area contributed by atoms with Crippen LogP contribution in [0.4, 0.5) is 0 Å². The number of nitrogens with zero attached hydrogens (tertiary/aromatic N) is 1. The Morgan fingerprint density at radius 3 is 2.00 bits per heavy atom. The lowest BCUT2D eigenvalue weighted by Gasteiger charge is -2.35. The fourth-order valence-corrected chi connectivity index (χ4v) is 1.16. The van der Waals surface area contributed by atoms with Gasteiger partial charge in [0.1, 0.15) is 12.0 Å². The first-order chi connectivity index (χ1) is 4.89. The standard InChI is InChI=1S/C8H19NO2/c1-5-6-9(7(2)10)8(3,4)11/h7,10-11H,5-6H2,1-4H3. The quantitative estimate of drug-likeness (QED) is 0.598. The van der Waals surface area contributed by atoms with E-state index in [1.165, 1.54) is 0 Å². The SMILES string of the molecule is CCCN(C(C)O)C(C)(C)O. The van der Waals surface area contributed by atoms with E-state index in [9.17, 15) is 10.2 Å². The molecular formula is C8H19NO2. The summed E-state index contributed by atoms with van der Waals surface area (Å²) < 4.78 is 0. The van der Waals surface area contributed by atoms with Crippen LogP contribution in [0.1, 0.15) is 34.1 Å². The highest BCUT2D eigenvalue weighted by Crippen LogP contribution is 2.12. The number of aliphatic hydroxyl groups is 2. The van der Waals surface area contributed by atoms with Crippen LogP contribution in [0, 0.1) is 0 Å². The Kier molecular flexibility index (Phi) is 4.00. The maximum atomic E-state index is 9.54. The molecular weight excluding hydrogens is 142 g/mol. The summed E-state index contributed by atoms with van der Waals surface area (Å²) in [5, 5.41) is 18.8. The van der Waals surface area contributed by atoms with Crippen molar-refractivity contribution in [1.82, 2.24) is 4.90 Å². The van der Waals surface area contributed by atoms with E-state index < -0.39 is 12.0 Å². The van der Waals surface area contributed by atoms with Gasteiger partial charge in [0.25, 0.3) is 0 Å². The van der Waals surface area contributed by atoms with Gasteiger partial charge in [-0.05, 0) is 27.2 Å². The molecule has 0 saturated carbocycles. The third kappa shape index (κ3) is 3.70. The number of aliphatic hydroxyl groups excluding tert-OH is 1. The summed E-state index contributed by atoms with van der Waals surface area (Å²) in [6.07, 6.45) is 0.337. The van der Waals surface area contributed by atoms with E-state index in [1.807, 2.05) is 6.92 Å². The molecule has 0 aliphatic carbocycles. The van der Waals surface area contributed by atoms with Crippen LogP contribution >= 0.6 is 0 Å². The second-order valence-corrected chi connectivity index (χ2v) is 3.32. The van der Waals surface area contributed by atoms with Crippen molar-refractivity contribution in [2.24, 2.45) is 0 Å². The maximum Gasteiger partial charge on any atom is 0.114 e. The number of hydrogen-bond donors (Lipinski definition) is 2. The van der Waals surface area contributed by atoms with Crippen molar-refractivity contribution in [3.63, 3.8) is 0 Å². The highest BCUT2D eigenvalue weighted by molar-refractivity contribution is 4.69. The van der Waals surface area contributed by atoms with Crippen molar-refractivity contribution < 1.29 is 10.2 Å². The predicted molar refractivity (Wildman–Crippen MR) is 45.0 cm³/mol. The van der Waals surface area contributed by atoms with Crippen molar-refractivity contribution in [3.8, 4) is 0 Å². The largest absolute Gasteiger partial charge is 0.379 e. The van der Waals surface area contributed by atoms with Gasteiger partial charge in [0.05, 0.1) is 0 Å². The van der Waals surface area contributed by atoms with Gasteiger partial charge in [-0.1, -0.05) is 6.92 Å². The van der Waals surface area contributed by atoms with E-state index in [1.54, 1.807) is 25.7 Å². The van der Waals surface area contributed by atoms with Gasteiger partial charge in [0.2, 0.25) is 0 Å². The fraction of sp³-hybridized carbons (Fsp3) is 1.00. The van der Waals surface area contributed by atoms with E-state index in [4.69, 9.17) is 0 Å². The topological polar surface area (TPSA) is 43.7 Å². The Morgan fingerprint density at radius 1 is 1.45 bits per heavy atom. The van der Waals surface area contributed by atoms with Gasteiger partial charge in [-0.3, -0.25) is 4.90 Å². The first-order valence-corrected chi connectivity index (χ1v) is 4.06. The number of hydrogen-bond acceptors (Lipinski definition) is 3. The van der Waals surface area contributed by atoms with Crippen molar-refractivity contribution >= 4 is 0 Å². The van der Waals surface area contributed by atoms with Crippen LogP contribution in [0.2, 0.25) is 0 Å². The third-order valence-corrected chi connectivity index (χ3v) is 1.62. The Bertz CT molecular complexity index is 107. The molecule has 0 amide bonds. The van der Waals surface area contributed by atoms with Crippen molar-refractivity contribution in [2.75, 3.05) is 6.54 Å². The summed E-state index contributed by atoms with van der Waals surface area (Å²) >= 11 is 0. The molecule has 0 saturated heterocycles. The Balaban J connectivity index is 4.10. The maximum absolute atomic E-state index is 9.54. The van der Waals surface area contributed by atoms with Crippen LogP contribution in [0.25, 0.3) is 0 Å². The summed E-state index contributed by atoms with van der Waals surface area (Å²) in [4.78, 5) is 1.65. The average molecular weight is 161 g/mol. The second kappa shape index (κ2) is 4.04. The van der Waals surface area contributed by atoms with Gasteiger partial charge >= 0.3 is 0 Å². The van der Waals surface area contributed by atoms with E-state index in [-0.39, 0.29) is 0 Å². The Labute approximate surface area is 68.6 Å². The monoisotopic (exact) mass is 161 g/mol. The molecule has 3 heteroatoms. The normalized spacial score (nSPS) is 15.5. The van der Waals surface area contributed by atoms with Crippen molar-refractivity contribution in [1.29, 1.82) is 0 Å². The molecule has 0 bridgehead atoms. The molecule has 68 valence electrons. The smallest absolute Gasteiger partial charge is 0.114 e. The molecule has 0 aliphatic rings. The van der Waals surface area contributed by atoms with E-state index in [0.29, 0.717) is 6.54 Å². The van der Waals surface area contributed by atoms with Crippen molar-refractivity contribution in [3.05, 3.63) is 0 Å². The minimum absolute atomic E-state index is 0.588. The Morgan fingerprint density at radius 2 is 1.91 bits per heavy atom. The average Bonchev–Trinajstić information content (AvgIpc) is 1.79. The molecule has 0 aromatic rings. The predicted octanol–water partition coefficient (Wildman–Crippen LogP) is 0.765. The summed E-state index contributed by atoms with van der Waals surface area (Å²) in [7, 11) is 0. The van der Waals surface area contributed by atoms with Gasteiger partial charge in [-0.2, -0.15) is 0 Å². The molecule has 0 heterocycles. The van der Waals surface area contributed by atoms with Crippen LogP contribution in [0.3, 0.4) is 0 Å². The molecule has 3 nitrogen and oxygen atoms in total. The molecule has 1 atom stereocenters. The van der Waals surface area contributed by atoms with Gasteiger partial charge in [-0.15, -0.1) is 0 Å². The lowest BCUT2D eigenvalue weighted by Crippen LogP contribution is -2.49. The van der Waals surface area contributed by atoms with E-state index in [0.717, 1.165) is 6.42 Å². The lowest BCUT2D eigenvalue weighted by atomic mass is 10.2. The molecule has 0 rings (SSSR count). The zero-order valence-corrected chi connectivity index (χ0v) is 7.83. The third-order valence-electron chi connectivity index (χ3n) is 1.62. The van der Waals surface area contributed by atoms with Gasteiger partial charge < -0.3 is 10.2 Å². The van der Waals surface area contributed by atoms with Gasteiger partial charge in [-0.25, -0.2) is 0 Å². The molecule has 1 unspecified atom stereocenters. The Hall–Kier alpha value is -0.120. The molecule has 0 spiro atoms. The summed E-state index contributed by atoms with van der Waals surface area (Å²) in [5.74, 6) is 0. The van der Waals surface area contributed by atoms with Crippen LogP contribution in [-0.2, 0) is 0 Å². The number of rotatable bonds is 4. The molecule has 0 fully saturated rings. The minimum atomic E-state index is -0.926. The first kappa shape index (κ1) is 10.9. The minimum Gasteiger partial charge on any atom is -0.379 e. The first-order valence-electron chi connectivity index (χ1n) is 4.06. The van der Waals surface area contributed by atoms with E-state index in [2.05, 4.69) is 0 Å². The molecule has 0 radical (unpaired) electrons. The molecule has 11 heavy (non-hydrogen) atoms. The zero-order chi connectivity index (χ0) is 9.07. The molecule has 0 aromatic heterocycles. The van der Waals surface area contributed by atoms with Crippen LogP contribution in [0.5, 0.6) is 0 Å². The zero-order valence-electron chi connectivity index (χ0n) is 7.83. The molecule has 0 aliphatic heterocycles. The van der Waals surface area contributed by atoms with Crippen LogP contribution in [-0.4, -0.2) is 33.6 Å². The van der Waals surface area contributed by atoms with Crippen LogP contribution < -0.4 is 0 Å². The summed E-state index contributed by atoms with van der Waals surface area (Å²) in [6, 6.07) is 0. The van der Waals surface area contributed by atoms with Crippen molar-refractivity contribution in [2.45, 2.75) is 46.1 Å². The summed E-state index contributed by atoms with van der Waals surface area (Å²) in [6.45, 7) is 7.74.